The summed E-state index contributed by atoms with van der Waals surface area (Å²) in [5.41, 5.74) is 1.10. The molecule has 1 aromatic rings. The molecule has 0 radical (unpaired) electrons. The molecule has 0 saturated carbocycles. The zero-order chi connectivity index (χ0) is 13.8. The van der Waals surface area contributed by atoms with Gasteiger partial charge in [-0.2, -0.15) is 0 Å². The fourth-order valence-electron chi connectivity index (χ4n) is 3.17. The molecule has 20 heavy (non-hydrogen) atoms. The number of rotatable bonds is 3. The highest BCUT2D eigenvalue weighted by atomic mass is 32.1. The maximum absolute atomic E-state index is 8.73. The molecule has 0 amide bonds. The van der Waals surface area contributed by atoms with Crippen molar-refractivity contribution in [1.82, 2.24) is 9.80 Å². The van der Waals surface area contributed by atoms with E-state index in [2.05, 4.69) is 33.1 Å². The van der Waals surface area contributed by atoms with E-state index in [4.69, 9.17) is 5.11 Å². The van der Waals surface area contributed by atoms with Gasteiger partial charge in [0.2, 0.25) is 0 Å². The molecular weight excluding hydrogens is 268 g/mol. The van der Waals surface area contributed by atoms with Gasteiger partial charge in [-0.25, -0.2) is 0 Å². The second kappa shape index (κ2) is 6.73. The number of aliphatic hydroxyl groups excluding tert-OH is 1. The van der Waals surface area contributed by atoms with Crippen LogP contribution in [-0.4, -0.2) is 53.7 Å². The highest BCUT2D eigenvalue weighted by molar-refractivity contribution is 7.10. The van der Waals surface area contributed by atoms with Crippen LogP contribution in [0, 0.1) is 11.8 Å². The first kappa shape index (κ1) is 14.1. The number of fused-ring (bicyclic) bond motifs is 1. The fourth-order valence-corrected chi connectivity index (χ4v) is 4.03. The lowest BCUT2D eigenvalue weighted by atomic mass is 10.1. The van der Waals surface area contributed by atoms with Gasteiger partial charge in [0.25, 0.3) is 0 Å². The van der Waals surface area contributed by atoms with Gasteiger partial charge < -0.3 is 5.11 Å². The summed E-state index contributed by atoms with van der Waals surface area (Å²) >= 11 is 1.81. The maximum atomic E-state index is 8.73. The van der Waals surface area contributed by atoms with Gasteiger partial charge in [0, 0.05) is 54.5 Å². The predicted octanol–water partition coefficient (Wildman–Crippen LogP) is 1.76. The minimum Gasteiger partial charge on any atom is -0.395 e. The number of nitrogens with zero attached hydrogens (tertiary/aromatic N) is 2. The average Bonchev–Trinajstić information content (AvgIpc) is 3.08. The van der Waals surface area contributed by atoms with Crippen LogP contribution in [0.25, 0.3) is 0 Å². The van der Waals surface area contributed by atoms with E-state index in [1.165, 1.54) is 43.9 Å². The molecule has 3 nitrogen and oxygen atoms in total. The summed E-state index contributed by atoms with van der Waals surface area (Å²) in [7, 11) is 0. The summed E-state index contributed by atoms with van der Waals surface area (Å²) in [6, 6.07) is 3.00. The van der Waals surface area contributed by atoms with Crippen molar-refractivity contribution in [3.63, 3.8) is 0 Å². The van der Waals surface area contributed by atoms with Gasteiger partial charge >= 0.3 is 0 Å². The van der Waals surface area contributed by atoms with Crippen LogP contribution in [0.2, 0.25) is 0 Å². The van der Waals surface area contributed by atoms with E-state index in [0.29, 0.717) is 6.42 Å². The van der Waals surface area contributed by atoms with E-state index in [1.54, 1.807) is 11.3 Å². The van der Waals surface area contributed by atoms with E-state index in [-0.39, 0.29) is 6.61 Å². The van der Waals surface area contributed by atoms with Crippen LogP contribution in [0.15, 0.2) is 11.4 Å². The lowest BCUT2D eigenvalue weighted by Gasteiger charge is -2.37. The van der Waals surface area contributed by atoms with Crippen LogP contribution < -0.4 is 0 Å². The van der Waals surface area contributed by atoms with E-state index in [1.807, 2.05) is 0 Å². The Labute approximate surface area is 125 Å². The first-order valence-electron chi connectivity index (χ1n) is 7.49. The van der Waals surface area contributed by atoms with Crippen molar-refractivity contribution in [2.75, 3.05) is 32.8 Å². The Morgan fingerprint density at radius 1 is 1.35 bits per heavy atom. The molecule has 2 aliphatic heterocycles. The standard InChI is InChI=1S/C16H22N2OS/c19-9-2-1-4-14-10-16(20-13-14)12-17-7-8-18-6-3-5-15(18)11-17/h10,13,15,19H,2-3,5-9,11-12H2. The van der Waals surface area contributed by atoms with E-state index in [9.17, 15) is 0 Å². The molecule has 0 aromatic carbocycles. The number of thiophene rings is 1. The van der Waals surface area contributed by atoms with Crippen LogP contribution in [0.5, 0.6) is 0 Å². The van der Waals surface area contributed by atoms with Crippen molar-refractivity contribution >= 4 is 11.3 Å². The number of piperazine rings is 1. The zero-order valence-corrected chi connectivity index (χ0v) is 12.7. The number of hydrogen-bond donors (Lipinski definition) is 1. The van der Waals surface area contributed by atoms with Crippen LogP contribution in [0.3, 0.4) is 0 Å². The second-order valence-corrected chi connectivity index (χ2v) is 6.64. The smallest absolute Gasteiger partial charge is 0.0540 e. The quantitative estimate of drug-likeness (QED) is 0.860. The second-order valence-electron chi connectivity index (χ2n) is 5.64. The molecule has 1 N–H and O–H groups in total. The molecule has 3 rings (SSSR count). The van der Waals surface area contributed by atoms with Crippen molar-refractivity contribution in [2.24, 2.45) is 0 Å². The first-order valence-corrected chi connectivity index (χ1v) is 8.36. The highest BCUT2D eigenvalue weighted by Crippen LogP contribution is 2.24. The van der Waals surface area contributed by atoms with Crippen molar-refractivity contribution in [3.05, 3.63) is 21.9 Å². The third-order valence-corrected chi connectivity index (χ3v) is 5.10. The van der Waals surface area contributed by atoms with Crippen molar-refractivity contribution < 1.29 is 5.11 Å². The number of hydrogen-bond acceptors (Lipinski definition) is 4. The molecule has 108 valence electrons. The summed E-state index contributed by atoms with van der Waals surface area (Å²) < 4.78 is 0. The third-order valence-electron chi connectivity index (χ3n) is 4.17. The lowest BCUT2D eigenvalue weighted by molar-refractivity contribution is 0.100. The fraction of sp³-hybridized carbons (Fsp3) is 0.625. The average molecular weight is 290 g/mol. The summed E-state index contributed by atoms with van der Waals surface area (Å²) in [6.45, 7) is 6.18. The Hall–Kier alpha value is -0.860. The molecule has 2 saturated heterocycles. The molecule has 0 spiro atoms. The summed E-state index contributed by atoms with van der Waals surface area (Å²) in [5, 5.41) is 10.9. The highest BCUT2D eigenvalue weighted by Gasteiger charge is 2.30. The van der Waals surface area contributed by atoms with E-state index >= 15 is 0 Å². The largest absolute Gasteiger partial charge is 0.395 e. The molecule has 1 unspecified atom stereocenters. The Balaban J connectivity index is 1.54. The molecule has 4 heteroatoms. The maximum Gasteiger partial charge on any atom is 0.0540 e. The van der Waals surface area contributed by atoms with Gasteiger partial charge in [-0.05, 0) is 25.5 Å². The van der Waals surface area contributed by atoms with E-state index < -0.39 is 0 Å². The number of aliphatic hydroxyl groups is 1. The lowest BCUT2D eigenvalue weighted by Crippen LogP contribution is -2.49. The molecule has 1 atom stereocenters. The summed E-state index contributed by atoms with van der Waals surface area (Å²) in [6.07, 6.45) is 3.32. The third kappa shape index (κ3) is 3.42. The Kier molecular flexibility index (Phi) is 4.74. The van der Waals surface area contributed by atoms with Crippen LogP contribution in [0.4, 0.5) is 0 Å². The molecular formula is C16H22N2OS. The normalized spacial score (nSPS) is 23.4. The SMILES string of the molecule is OCCC#Cc1csc(CN2CCN3CCCC3C2)c1. The van der Waals surface area contributed by atoms with Crippen molar-refractivity contribution in [3.8, 4) is 11.8 Å². The van der Waals surface area contributed by atoms with Gasteiger partial charge in [-0.3, -0.25) is 9.80 Å². The minimum absolute atomic E-state index is 0.148. The van der Waals surface area contributed by atoms with Gasteiger partial charge in [-0.15, -0.1) is 11.3 Å². The monoisotopic (exact) mass is 290 g/mol. The van der Waals surface area contributed by atoms with Crippen molar-refractivity contribution in [1.29, 1.82) is 0 Å². The predicted molar refractivity (Wildman–Crippen MR) is 82.8 cm³/mol. The van der Waals surface area contributed by atoms with Crippen LogP contribution >= 0.6 is 11.3 Å². The van der Waals surface area contributed by atoms with E-state index in [0.717, 1.165) is 18.2 Å². The Morgan fingerprint density at radius 3 is 3.20 bits per heavy atom. The van der Waals surface area contributed by atoms with Crippen LogP contribution in [-0.2, 0) is 6.54 Å². The first-order chi connectivity index (χ1) is 9.85. The minimum atomic E-state index is 0.148. The summed E-state index contributed by atoms with van der Waals surface area (Å²) in [4.78, 5) is 6.64. The zero-order valence-electron chi connectivity index (χ0n) is 11.8. The molecule has 2 fully saturated rings. The van der Waals surface area contributed by atoms with Crippen molar-refractivity contribution in [2.45, 2.75) is 31.8 Å². The molecule has 1 aromatic heterocycles. The summed E-state index contributed by atoms with van der Waals surface area (Å²) in [5.74, 6) is 6.10. The van der Waals surface area contributed by atoms with Gasteiger partial charge in [0.1, 0.15) is 0 Å². The van der Waals surface area contributed by atoms with Gasteiger partial charge in [0.15, 0.2) is 0 Å². The molecule has 0 aliphatic carbocycles. The Bertz CT molecular complexity index is 502. The molecule has 0 bridgehead atoms. The Morgan fingerprint density at radius 2 is 2.30 bits per heavy atom. The topological polar surface area (TPSA) is 26.7 Å². The molecule has 3 heterocycles. The van der Waals surface area contributed by atoms with Gasteiger partial charge in [0.05, 0.1) is 6.61 Å². The van der Waals surface area contributed by atoms with Gasteiger partial charge in [-0.1, -0.05) is 11.8 Å². The van der Waals surface area contributed by atoms with Crippen LogP contribution in [0.1, 0.15) is 29.7 Å². The molecule has 2 aliphatic rings.